The van der Waals surface area contributed by atoms with Gasteiger partial charge in [-0.1, -0.05) is 22.0 Å². The zero-order valence-electron chi connectivity index (χ0n) is 10.4. The van der Waals surface area contributed by atoms with Gasteiger partial charge in [0, 0.05) is 5.56 Å². The Kier molecular flexibility index (Phi) is 3.85. The largest absolute Gasteiger partial charge is 0.465 e. The van der Waals surface area contributed by atoms with Crippen LogP contribution in [0, 0.1) is 12.8 Å². The number of carbonyl (C=O) groups excluding carboxylic acids is 2. The van der Waals surface area contributed by atoms with Gasteiger partial charge in [0.25, 0.3) is 0 Å². The first kappa shape index (κ1) is 13.3. The Morgan fingerprint density at radius 1 is 1.39 bits per heavy atom. The molecule has 1 saturated carbocycles. The van der Waals surface area contributed by atoms with Crippen molar-refractivity contribution in [2.75, 3.05) is 7.11 Å². The minimum Gasteiger partial charge on any atom is -0.465 e. The van der Waals surface area contributed by atoms with Crippen molar-refractivity contribution in [1.29, 1.82) is 0 Å². The van der Waals surface area contributed by atoms with Crippen molar-refractivity contribution in [3.8, 4) is 0 Å². The third kappa shape index (κ3) is 2.64. The molecule has 1 aliphatic carbocycles. The van der Waals surface area contributed by atoms with Gasteiger partial charge in [0.15, 0.2) is 5.78 Å². The van der Waals surface area contributed by atoms with Gasteiger partial charge in [-0.05, 0) is 43.4 Å². The van der Waals surface area contributed by atoms with Gasteiger partial charge in [-0.2, -0.15) is 0 Å². The zero-order chi connectivity index (χ0) is 13.3. The smallest absolute Gasteiger partial charge is 0.337 e. The van der Waals surface area contributed by atoms with Crippen molar-refractivity contribution in [1.82, 2.24) is 0 Å². The Labute approximate surface area is 115 Å². The van der Waals surface area contributed by atoms with Crippen LogP contribution < -0.4 is 0 Å². The first-order valence-electron chi connectivity index (χ1n) is 5.92. The molecule has 2 rings (SSSR count). The summed E-state index contributed by atoms with van der Waals surface area (Å²) >= 11 is 3.45. The zero-order valence-corrected chi connectivity index (χ0v) is 12.0. The Hall–Kier alpha value is -1.16. The summed E-state index contributed by atoms with van der Waals surface area (Å²) in [5.74, 6) is 0.0843. The number of benzene rings is 1. The van der Waals surface area contributed by atoms with Crippen molar-refractivity contribution >= 4 is 27.7 Å². The van der Waals surface area contributed by atoms with Crippen LogP contribution in [0.4, 0.5) is 0 Å². The SMILES string of the molecule is COC(=O)c1ccc(C)c(C(=O)C(Br)C2CC2)c1. The standard InChI is InChI=1S/C14H15BrO3/c1-8-3-4-10(14(17)18-2)7-11(8)13(16)12(15)9-5-6-9/h3-4,7,9,12H,5-6H2,1-2H3. The molecule has 1 unspecified atom stereocenters. The van der Waals surface area contributed by atoms with Crippen LogP contribution in [-0.2, 0) is 4.74 Å². The number of aryl methyl sites for hydroxylation is 1. The molecule has 1 atom stereocenters. The average molecular weight is 311 g/mol. The lowest BCUT2D eigenvalue weighted by Crippen LogP contribution is -2.18. The van der Waals surface area contributed by atoms with Crippen LogP contribution in [-0.4, -0.2) is 23.7 Å². The van der Waals surface area contributed by atoms with Crippen molar-refractivity contribution in [2.24, 2.45) is 5.92 Å². The van der Waals surface area contributed by atoms with Crippen LogP contribution in [0.2, 0.25) is 0 Å². The van der Waals surface area contributed by atoms with E-state index in [4.69, 9.17) is 0 Å². The van der Waals surface area contributed by atoms with Gasteiger partial charge in [0.1, 0.15) is 0 Å². The summed E-state index contributed by atoms with van der Waals surface area (Å²) in [6.45, 7) is 1.88. The fourth-order valence-electron chi connectivity index (χ4n) is 1.88. The highest BCUT2D eigenvalue weighted by Crippen LogP contribution is 2.38. The summed E-state index contributed by atoms with van der Waals surface area (Å²) in [6, 6.07) is 5.09. The molecule has 0 heterocycles. The number of hydrogen-bond acceptors (Lipinski definition) is 3. The minimum absolute atomic E-state index is 0.0563. The van der Waals surface area contributed by atoms with E-state index in [0.29, 0.717) is 17.0 Å². The number of methoxy groups -OCH3 is 1. The van der Waals surface area contributed by atoms with E-state index in [1.165, 1.54) is 7.11 Å². The fraction of sp³-hybridized carbons (Fsp3) is 0.429. The number of esters is 1. The Morgan fingerprint density at radius 2 is 2.06 bits per heavy atom. The van der Waals surface area contributed by atoms with Crippen LogP contribution in [0.5, 0.6) is 0 Å². The Morgan fingerprint density at radius 3 is 2.61 bits per heavy atom. The number of halogens is 1. The molecule has 0 aromatic heterocycles. The van der Waals surface area contributed by atoms with Crippen LogP contribution in [0.1, 0.15) is 39.1 Å². The van der Waals surface area contributed by atoms with Crippen molar-refractivity contribution in [3.05, 3.63) is 34.9 Å². The highest BCUT2D eigenvalue weighted by Gasteiger charge is 2.35. The van der Waals surface area contributed by atoms with E-state index in [1.807, 2.05) is 6.92 Å². The van der Waals surface area contributed by atoms with Crippen molar-refractivity contribution in [2.45, 2.75) is 24.6 Å². The molecule has 0 N–H and O–H groups in total. The normalized spacial score (nSPS) is 16.2. The third-order valence-electron chi connectivity index (χ3n) is 3.21. The second kappa shape index (κ2) is 5.22. The number of Topliss-reactive ketones (excluding diaryl/α,β-unsaturated/α-hetero) is 1. The van der Waals surface area contributed by atoms with Gasteiger partial charge in [0.05, 0.1) is 17.5 Å². The summed E-state index contributed by atoms with van der Waals surface area (Å²) in [5.41, 5.74) is 1.91. The van der Waals surface area contributed by atoms with E-state index in [-0.39, 0.29) is 10.6 Å². The van der Waals surface area contributed by atoms with Crippen LogP contribution >= 0.6 is 15.9 Å². The molecule has 0 bridgehead atoms. The molecule has 0 amide bonds. The van der Waals surface area contributed by atoms with Crippen LogP contribution in [0.3, 0.4) is 0 Å². The molecule has 0 aliphatic heterocycles. The topological polar surface area (TPSA) is 43.4 Å². The number of rotatable bonds is 4. The maximum absolute atomic E-state index is 12.3. The molecule has 4 heteroatoms. The lowest BCUT2D eigenvalue weighted by Gasteiger charge is -2.11. The molecule has 3 nitrogen and oxygen atoms in total. The average Bonchev–Trinajstić information content (AvgIpc) is 3.21. The highest BCUT2D eigenvalue weighted by atomic mass is 79.9. The molecule has 1 aliphatic rings. The molecular weight excluding hydrogens is 296 g/mol. The molecule has 0 radical (unpaired) electrons. The second-order valence-corrected chi connectivity index (χ2v) is 5.61. The first-order valence-corrected chi connectivity index (χ1v) is 6.83. The minimum atomic E-state index is -0.415. The van der Waals surface area contributed by atoms with E-state index < -0.39 is 5.97 Å². The maximum Gasteiger partial charge on any atom is 0.337 e. The summed E-state index contributed by atoms with van der Waals surface area (Å²) in [7, 11) is 1.33. The molecule has 1 aromatic rings. The molecule has 18 heavy (non-hydrogen) atoms. The predicted octanol–water partition coefficient (Wildman–Crippen LogP) is 3.14. The van der Waals surface area contributed by atoms with Crippen molar-refractivity contribution in [3.63, 3.8) is 0 Å². The van der Waals surface area contributed by atoms with Gasteiger partial charge < -0.3 is 4.74 Å². The van der Waals surface area contributed by atoms with Gasteiger partial charge in [-0.3, -0.25) is 4.79 Å². The van der Waals surface area contributed by atoms with Gasteiger partial charge >= 0.3 is 5.97 Å². The Bertz CT molecular complexity index is 492. The molecule has 96 valence electrons. The monoisotopic (exact) mass is 310 g/mol. The molecule has 1 aromatic carbocycles. The Balaban J connectivity index is 2.30. The third-order valence-corrected chi connectivity index (χ3v) is 4.37. The van der Waals surface area contributed by atoms with Crippen molar-refractivity contribution < 1.29 is 14.3 Å². The lowest BCUT2D eigenvalue weighted by atomic mass is 9.98. The number of hydrogen-bond donors (Lipinski definition) is 0. The quantitative estimate of drug-likeness (QED) is 0.487. The maximum atomic E-state index is 12.3. The van der Waals surface area contributed by atoms with E-state index in [0.717, 1.165) is 18.4 Å². The second-order valence-electron chi connectivity index (χ2n) is 4.62. The number of alkyl halides is 1. The van der Waals surface area contributed by atoms with Gasteiger partial charge in [-0.25, -0.2) is 4.79 Å². The van der Waals surface area contributed by atoms with Crippen LogP contribution in [0.15, 0.2) is 18.2 Å². The van der Waals surface area contributed by atoms with Crippen LogP contribution in [0.25, 0.3) is 0 Å². The summed E-state index contributed by atoms with van der Waals surface area (Å²) in [4.78, 5) is 23.6. The summed E-state index contributed by atoms with van der Waals surface area (Å²) in [6.07, 6.45) is 2.19. The number of ether oxygens (including phenoxy) is 1. The molecule has 0 saturated heterocycles. The summed E-state index contributed by atoms with van der Waals surface area (Å²) < 4.78 is 4.67. The van der Waals surface area contributed by atoms with Gasteiger partial charge in [0.2, 0.25) is 0 Å². The predicted molar refractivity (Wildman–Crippen MR) is 72.3 cm³/mol. The number of ketones is 1. The summed E-state index contributed by atoms with van der Waals surface area (Å²) in [5, 5.41) is 0. The first-order chi connectivity index (χ1) is 8.54. The lowest BCUT2D eigenvalue weighted by molar-refractivity contribution is 0.0600. The molecule has 0 spiro atoms. The number of carbonyl (C=O) groups is 2. The molecular formula is C14H15BrO3. The molecule has 1 fully saturated rings. The van der Waals surface area contributed by atoms with E-state index in [1.54, 1.807) is 18.2 Å². The highest BCUT2D eigenvalue weighted by molar-refractivity contribution is 9.10. The fourth-order valence-corrected chi connectivity index (χ4v) is 2.66. The van der Waals surface area contributed by atoms with E-state index >= 15 is 0 Å². The van der Waals surface area contributed by atoms with E-state index in [2.05, 4.69) is 20.7 Å². The van der Waals surface area contributed by atoms with E-state index in [9.17, 15) is 9.59 Å². The van der Waals surface area contributed by atoms with Gasteiger partial charge in [-0.15, -0.1) is 0 Å².